The summed E-state index contributed by atoms with van der Waals surface area (Å²) in [6.07, 6.45) is -0.248. The molecular weight excluding hydrogens is 335 g/mol. The first-order valence-corrected chi connectivity index (χ1v) is 8.18. The molecule has 0 radical (unpaired) electrons. The summed E-state index contributed by atoms with van der Waals surface area (Å²) < 4.78 is 0.807. The molecule has 1 aliphatic rings. The summed E-state index contributed by atoms with van der Waals surface area (Å²) in [7, 11) is 0. The monoisotopic (exact) mass is 350 g/mol. The zero-order valence-corrected chi connectivity index (χ0v) is 13.5. The van der Waals surface area contributed by atoms with Crippen LogP contribution in [0.5, 0.6) is 0 Å². The SMILES string of the molecule is O=C(CCC(=O)c1cc(Cl)sc1Cl)NCC1CNCC1O. The first-order valence-electron chi connectivity index (χ1n) is 6.61. The summed E-state index contributed by atoms with van der Waals surface area (Å²) in [5.74, 6) is -0.379. The second kappa shape index (κ2) is 7.56. The number of Topliss-reactive ketones (excluding diaryl/α,β-unsaturated/α-hetero) is 1. The van der Waals surface area contributed by atoms with Crippen LogP contribution in [0.2, 0.25) is 8.67 Å². The van der Waals surface area contributed by atoms with Gasteiger partial charge in [0.05, 0.1) is 10.4 Å². The summed E-state index contributed by atoms with van der Waals surface area (Å²) in [6, 6.07) is 1.52. The molecule has 116 valence electrons. The molecule has 5 nitrogen and oxygen atoms in total. The van der Waals surface area contributed by atoms with E-state index < -0.39 is 6.10 Å². The minimum atomic E-state index is -0.432. The van der Waals surface area contributed by atoms with Gasteiger partial charge in [-0.25, -0.2) is 0 Å². The summed E-state index contributed by atoms with van der Waals surface area (Å²) in [5.41, 5.74) is 0.370. The van der Waals surface area contributed by atoms with Crippen molar-refractivity contribution in [3.63, 3.8) is 0 Å². The molecule has 1 amide bonds. The van der Waals surface area contributed by atoms with Gasteiger partial charge in [-0.3, -0.25) is 9.59 Å². The number of hydrogen-bond donors (Lipinski definition) is 3. The lowest BCUT2D eigenvalue weighted by atomic mass is 10.1. The van der Waals surface area contributed by atoms with Gasteiger partial charge in [0.25, 0.3) is 0 Å². The smallest absolute Gasteiger partial charge is 0.220 e. The first-order chi connectivity index (χ1) is 9.97. The van der Waals surface area contributed by atoms with E-state index in [0.717, 1.165) is 11.3 Å². The third-order valence-electron chi connectivity index (χ3n) is 3.40. The Bertz CT molecular complexity index is 535. The van der Waals surface area contributed by atoms with E-state index in [0.29, 0.717) is 33.9 Å². The largest absolute Gasteiger partial charge is 0.391 e. The lowest BCUT2D eigenvalue weighted by Crippen LogP contribution is -2.34. The van der Waals surface area contributed by atoms with Crippen LogP contribution in [0, 0.1) is 5.92 Å². The number of hydrogen-bond acceptors (Lipinski definition) is 5. The van der Waals surface area contributed by atoms with Crippen LogP contribution in [0.3, 0.4) is 0 Å². The number of amides is 1. The van der Waals surface area contributed by atoms with E-state index in [1.807, 2.05) is 0 Å². The summed E-state index contributed by atoms with van der Waals surface area (Å²) >= 11 is 12.8. The van der Waals surface area contributed by atoms with Gasteiger partial charge in [-0.1, -0.05) is 23.2 Å². The number of aliphatic hydroxyl groups excluding tert-OH is 1. The van der Waals surface area contributed by atoms with Gasteiger partial charge >= 0.3 is 0 Å². The molecule has 0 saturated carbocycles. The number of halogens is 2. The molecular formula is C13H16Cl2N2O3S. The Morgan fingerprint density at radius 2 is 2.14 bits per heavy atom. The highest BCUT2D eigenvalue weighted by molar-refractivity contribution is 7.20. The standard InChI is InChI=1S/C13H16Cl2N2O3S/c14-11-3-8(13(15)21-11)9(18)1-2-12(20)17-5-7-4-16-6-10(7)19/h3,7,10,16,19H,1-2,4-6H2,(H,17,20). The normalized spacial score (nSPS) is 21.5. The Hall–Kier alpha value is -0.660. The van der Waals surface area contributed by atoms with Crippen molar-refractivity contribution in [3.05, 3.63) is 20.3 Å². The number of ketones is 1. The number of carbonyl (C=O) groups is 2. The highest BCUT2D eigenvalue weighted by Crippen LogP contribution is 2.32. The Labute approximate surface area is 136 Å². The summed E-state index contributed by atoms with van der Waals surface area (Å²) in [5, 5.41) is 15.4. The molecule has 1 saturated heterocycles. The van der Waals surface area contributed by atoms with Gasteiger partial charge in [0.2, 0.25) is 5.91 Å². The minimum Gasteiger partial charge on any atom is -0.391 e. The van der Waals surface area contributed by atoms with Crippen molar-refractivity contribution in [2.75, 3.05) is 19.6 Å². The van der Waals surface area contributed by atoms with Crippen LogP contribution in [0.15, 0.2) is 6.07 Å². The molecule has 2 rings (SSSR count). The van der Waals surface area contributed by atoms with Crippen molar-refractivity contribution in [3.8, 4) is 0 Å². The molecule has 0 aromatic carbocycles. The topological polar surface area (TPSA) is 78.4 Å². The second-order valence-corrected chi connectivity index (χ2v) is 7.24. The van der Waals surface area contributed by atoms with Gasteiger partial charge < -0.3 is 15.7 Å². The molecule has 8 heteroatoms. The second-order valence-electron chi connectivity index (χ2n) is 4.95. The molecule has 0 bridgehead atoms. The van der Waals surface area contributed by atoms with Crippen molar-refractivity contribution in [2.45, 2.75) is 18.9 Å². The number of nitrogens with one attached hydrogen (secondary N) is 2. The van der Waals surface area contributed by atoms with Gasteiger partial charge in [-0.2, -0.15) is 0 Å². The highest BCUT2D eigenvalue weighted by Gasteiger charge is 2.25. The van der Waals surface area contributed by atoms with E-state index in [-0.39, 0.29) is 30.4 Å². The van der Waals surface area contributed by atoms with Gasteiger partial charge in [-0.05, 0) is 6.07 Å². The molecule has 2 heterocycles. The van der Waals surface area contributed by atoms with Crippen molar-refractivity contribution in [1.82, 2.24) is 10.6 Å². The summed E-state index contributed by atoms with van der Waals surface area (Å²) in [4.78, 5) is 23.6. The van der Waals surface area contributed by atoms with E-state index in [1.54, 1.807) is 0 Å². The fourth-order valence-electron chi connectivity index (χ4n) is 2.15. The Morgan fingerprint density at radius 1 is 1.38 bits per heavy atom. The van der Waals surface area contributed by atoms with Crippen LogP contribution < -0.4 is 10.6 Å². The number of aliphatic hydroxyl groups is 1. The number of β-amino-alcohol motifs (C(OH)–C–C–N with tert-alkyl or cyclic N) is 1. The quantitative estimate of drug-likeness (QED) is 0.682. The van der Waals surface area contributed by atoms with Crippen LogP contribution >= 0.6 is 34.5 Å². The average Bonchev–Trinajstić information content (AvgIpc) is 2.99. The Kier molecular flexibility index (Phi) is 6.01. The third kappa shape index (κ3) is 4.66. The Balaban J connectivity index is 1.73. The van der Waals surface area contributed by atoms with Crippen molar-refractivity contribution in [2.24, 2.45) is 5.92 Å². The maximum atomic E-state index is 11.9. The highest BCUT2D eigenvalue weighted by atomic mass is 35.5. The molecule has 3 N–H and O–H groups in total. The van der Waals surface area contributed by atoms with Crippen LogP contribution in [-0.4, -0.2) is 42.5 Å². The number of thiophene rings is 1. The van der Waals surface area contributed by atoms with Crippen molar-refractivity contribution < 1.29 is 14.7 Å². The van der Waals surface area contributed by atoms with Crippen LogP contribution in [0.4, 0.5) is 0 Å². The fourth-order valence-corrected chi connectivity index (χ4v) is 3.65. The van der Waals surface area contributed by atoms with Crippen LogP contribution in [0.25, 0.3) is 0 Å². The van der Waals surface area contributed by atoms with Gasteiger partial charge in [0, 0.05) is 44.0 Å². The zero-order valence-electron chi connectivity index (χ0n) is 11.2. The summed E-state index contributed by atoms with van der Waals surface area (Å²) in [6.45, 7) is 1.64. The van der Waals surface area contributed by atoms with Crippen LogP contribution in [-0.2, 0) is 4.79 Å². The molecule has 1 aromatic heterocycles. The van der Waals surface area contributed by atoms with Gasteiger partial charge in [0.1, 0.15) is 4.34 Å². The molecule has 2 unspecified atom stereocenters. The third-order valence-corrected chi connectivity index (χ3v) is 4.89. The molecule has 1 fully saturated rings. The Morgan fingerprint density at radius 3 is 2.71 bits per heavy atom. The molecule has 21 heavy (non-hydrogen) atoms. The lowest BCUT2D eigenvalue weighted by Gasteiger charge is -2.13. The number of rotatable bonds is 6. The van der Waals surface area contributed by atoms with Gasteiger partial charge in [0.15, 0.2) is 5.78 Å². The molecule has 2 atom stereocenters. The van der Waals surface area contributed by atoms with Crippen molar-refractivity contribution in [1.29, 1.82) is 0 Å². The molecule has 0 spiro atoms. The minimum absolute atomic E-state index is 0.0229. The predicted octanol–water partition coefficient (Wildman–Crippen LogP) is 1.71. The zero-order chi connectivity index (χ0) is 15.4. The maximum absolute atomic E-state index is 11.9. The average molecular weight is 351 g/mol. The predicted molar refractivity (Wildman–Crippen MR) is 83.3 cm³/mol. The maximum Gasteiger partial charge on any atom is 0.220 e. The lowest BCUT2D eigenvalue weighted by molar-refractivity contribution is -0.121. The van der Waals surface area contributed by atoms with E-state index in [9.17, 15) is 14.7 Å². The van der Waals surface area contributed by atoms with Crippen molar-refractivity contribution >= 4 is 46.2 Å². The van der Waals surface area contributed by atoms with E-state index >= 15 is 0 Å². The molecule has 1 aliphatic heterocycles. The van der Waals surface area contributed by atoms with Crippen LogP contribution in [0.1, 0.15) is 23.2 Å². The van der Waals surface area contributed by atoms with E-state index in [2.05, 4.69) is 10.6 Å². The van der Waals surface area contributed by atoms with Gasteiger partial charge in [-0.15, -0.1) is 11.3 Å². The molecule has 1 aromatic rings. The molecule has 0 aliphatic carbocycles. The fraction of sp³-hybridized carbons (Fsp3) is 0.538. The first kappa shape index (κ1) is 16.7. The van der Waals surface area contributed by atoms with E-state index in [4.69, 9.17) is 23.2 Å². The van der Waals surface area contributed by atoms with E-state index in [1.165, 1.54) is 6.07 Å². The number of carbonyl (C=O) groups excluding carboxylic acids is 2.